The molecular weight excluding hydrogens is 408 g/mol. The zero-order chi connectivity index (χ0) is 19.4. The number of nitro benzene ring substituents is 1. The Bertz CT molecular complexity index is 958. The summed E-state index contributed by atoms with van der Waals surface area (Å²) in [5.41, 5.74) is 1.65. The van der Waals surface area contributed by atoms with E-state index in [2.05, 4.69) is 4.99 Å². The van der Waals surface area contributed by atoms with Gasteiger partial charge in [0.1, 0.15) is 15.8 Å². The van der Waals surface area contributed by atoms with Crippen molar-refractivity contribution in [2.45, 2.75) is 5.75 Å². The third-order valence-corrected chi connectivity index (χ3v) is 5.92. The summed E-state index contributed by atoms with van der Waals surface area (Å²) < 4.78 is 5.85. The molecule has 1 aliphatic heterocycles. The normalized spacial score (nSPS) is 15.1. The molecule has 9 heteroatoms. The maximum absolute atomic E-state index is 12.2. The number of nitrogens with zero attached hydrogens (tertiary/aromatic N) is 2. The number of hydrogen-bond donors (Lipinski definition) is 0. The van der Waals surface area contributed by atoms with Gasteiger partial charge in [0, 0.05) is 28.5 Å². The van der Waals surface area contributed by atoms with Gasteiger partial charge in [-0.15, -0.1) is 0 Å². The van der Waals surface area contributed by atoms with Crippen LogP contribution in [0.5, 0.6) is 5.75 Å². The van der Waals surface area contributed by atoms with Crippen LogP contribution in [-0.2, 0) is 10.5 Å². The van der Waals surface area contributed by atoms with Crippen molar-refractivity contribution >= 4 is 56.4 Å². The number of non-ortho nitro benzene ring substituents is 1. The number of nitro groups is 1. The molecule has 138 valence electrons. The number of halogens is 1. The van der Waals surface area contributed by atoms with Gasteiger partial charge < -0.3 is 4.74 Å². The van der Waals surface area contributed by atoms with Crippen LogP contribution in [0, 0.1) is 10.1 Å². The number of methoxy groups -OCH3 is 1. The van der Waals surface area contributed by atoms with Crippen LogP contribution in [0.25, 0.3) is 6.08 Å². The molecule has 1 aliphatic rings. The summed E-state index contributed by atoms with van der Waals surface area (Å²) in [6.45, 7) is 0. The second-order valence-electron chi connectivity index (χ2n) is 5.40. The van der Waals surface area contributed by atoms with E-state index in [4.69, 9.17) is 16.3 Å². The number of rotatable bonds is 5. The molecule has 0 aromatic heterocycles. The van der Waals surface area contributed by atoms with E-state index in [1.807, 2.05) is 24.3 Å². The Balaban J connectivity index is 1.80. The van der Waals surface area contributed by atoms with Crippen molar-refractivity contribution in [1.29, 1.82) is 0 Å². The monoisotopic (exact) mass is 420 g/mol. The van der Waals surface area contributed by atoms with Crippen molar-refractivity contribution in [3.8, 4) is 5.75 Å². The summed E-state index contributed by atoms with van der Waals surface area (Å²) in [6.07, 6.45) is 1.51. The van der Waals surface area contributed by atoms with Crippen molar-refractivity contribution < 1.29 is 14.5 Å². The van der Waals surface area contributed by atoms with Gasteiger partial charge in [0.15, 0.2) is 0 Å². The molecule has 0 aliphatic carbocycles. The smallest absolute Gasteiger partial charge is 0.270 e. The molecule has 0 saturated heterocycles. The van der Waals surface area contributed by atoms with Crippen LogP contribution in [0.15, 0.2) is 53.2 Å². The SMILES string of the molecule is COc1ccc([N+](=O)[O-])cc1C=C1N=C(SCc2ccc(Cl)cc2)SC1=O. The number of ether oxygens (including phenoxy) is 1. The first-order valence-corrected chi connectivity index (χ1v) is 9.86. The van der Waals surface area contributed by atoms with E-state index in [0.717, 1.165) is 17.3 Å². The zero-order valence-corrected chi connectivity index (χ0v) is 16.4. The van der Waals surface area contributed by atoms with E-state index < -0.39 is 4.92 Å². The van der Waals surface area contributed by atoms with E-state index in [-0.39, 0.29) is 16.5 Å². The summed E-state index contributed by atoms with van der Waals surface area (Å²) >= 11 is 8.36. The molecule has 0 unspecified atom stereocenters. The second-order valence-corrected chi connectivity index (χ2v) is 8.02. The van der Waals surface area contributed by atoms with Crippen LogP contribution in [0.3, 0.4) is 0 Å². The van der Waals surface area contributed by atoms with Crippen molar-refractivity contribution in [3.63, 3.8) is 0 Å². The molecule has 0 saturated carbocycles. The predicted octanol–water partition coefficient (Wildman–Crippen LogP) is 5.16. The fraction of sp³-hybridized carbons (Fsp3) is 0.111. The fourth-order valence-electron chi connectivity index (χ4n) is 2.27. The van der Waals surface area contributed by atoms with E-state index in [0.29, 0.717) is 26.5 Å². The fourth-order valence-corrected chi connectivity index (χ4v) is 4.20. The van der Waals surface area contributed by atoms with E-state index in [1.54, 1.807) is 0 Å². The van der Waals surface area contributed by atoms with E-state index >= 15 is 0 Å². The standard InChI is InChI=1S/C18H13ClN2O4S2/c1-25-16-7-6-14(21(23)24)8-12(16)9-15-17(22)27-18(20-15)26-10-11-2-4-13(19)5-3-11/h2-9H,10H2,1H3. The van der Waals surface area contributed by atoms with Crippen molar-refractivity contribution in [2.75, 3.05) is 7.11 Å². The third kappa shape index (κ3) is 4.91. The average Bonchev–Trinajstić information content (AvgIpc) is 3.00. The molecule has 1 heterocycles. The van der Waals surface area contributed by atoms with Crippen LogP contribution in [0.4, 0.5) is 5.69 Å². The van der Waals surface area contributed by atoms with Crippen molar-refractivity contribution in [3.05, 3.63) is 74.4 Å². The van der Waals surface area contributed by atoms with Gasteiger partial charge >= 0.3 is 0 Å². The number of carbonyl (C=O) groups excluding carboxylic acids is 1. The van der Waals surface area contributed by atoms with E-state index in [1.165, 1.54) is 43.1 Å². The van der Waals surface area contributed by atoms with Gasteiger partial charge in [-0.1, -0.05) is 35.5 Å². The van der Waals surface area contributed by atoms with Crippen molar-refractivity contribution in [2.24, 2.45) is 4.99 Å². The van der Waals surface area contributed by atoms with Gasteiger partial charge in [-0.25, -0.2) is 4.99 Å². The molecule has 3 rings (SSSR count). The molecule has 2 aromatic carbocycles. The summed E-state index contributed by atoms with van der Waals surface area (Å²) in [7, 11) is 1.46. The Kier molecular flexibility index (Phi) is 6.20. The quantitative estimate of drug-likeness (QED) is 0.377. The first kappa shape index (κ1) is 19.5. The Hall–Kier alpha value is -2.29. The molecule has 27 heavy (non-hydrogen) atoms. The highest BCUT2D eigenvalue weighted by atomic mass is 35.5. The Labute approximate surface area is 168 Å². The molecule has 2 aromatic rings. The highest BCUT2D eigenvalue weighted by molar-refractivity contribution is 8.45. The van der Waals surface area contributed by atoms with Crippen molar-refractivity contribution in [1.82, 2.24) is 0 Å². The average molecular weight is 421 g/mol. The van der Waals surface area contributed by atoms with Crippen LogP contribution in [0.1, 0.15) is 11.1 Å². The molecule has 0 atom stereocenters. The van der Waals surface area contributed by atoms with Gasteiger partial charge in [-0.3, -0.25) is 14.9 Å². The first-order valence-electron chi connectivity index (χ1n) is 7.68. The maximum atomic E-state index is 12.2. The molecule has 0 radical (unpaired) electrons. The lowest BCUT2D eigenvalue weighted by Crippen LogP contribution is -1.94. The molecule has 6 nitrogen and oxygen atoms in total. The zero-order valence-electron chi connectivity index (χ0n) is 14.0. The van der Waals surface area contributed by atoms with E-state index in [9.17, 15) is 14.9 Å². The third-order valence-electron chi connectivity index (χ3n) is 3.59. The second kappa shape index (κ2) is 8.60. The molecule has 0 amide bonds. The molecular formula is C18H13ClN2O4S2. The highest BCUT2D eigenvalue weighted by Crippen LogP contribution is 2.34. The van der Waals surface area contributed by atoms with Gasteiger partial charge in [0.05, 0.1) is 12.0 Å². The van der Waals surface area contributed by atoms with Crippen LogP contribution < -0.4 is 4.74 Å². The Morgan fingerprint density at radius 1 is 1.30 bits per heavy atom. The number of hydrogen-bond acceptors (Lipinski definition) is 7. The van der Waals surface area contributed by atoms with Gasteiger partial charge in [-0.05, 0) is 41.6 Å². The van der Waals surface area contributed by atoms with Gasteiger partial charge in [-0.2, -0.15) is 0 Å². The topological polar surface area (TPSA) is 81.8 Å². The lowest BCUT2D eigenvalue weighted by molar-refractivity contribution is -0.384. The predicted molar refractivity (Wildman–Crippen MR) is 110 cm³/mol. The largest absolute Gasteiger partial charge is 0.496 e. The Morgan fingerprint density at radius 2 is 2.04 bits per heavy atom. The summed E-state index contributed by atoms with van der Waals surface area (Å²) in [5.74, 6) is 1.09. The number of aliphatic imine (C=N–C) groups is 1. The molecule has 0 bridgehead atoms. The number of carbonyl (C=O) groups is 1. The van der Waals surface area contributed by atoms with Crippen LogP contribution >= 0.6 is 35.1 Å². The molecule has 0 spiro atoms. The lowest BCUT2D eigenvalue weighted by Gasteiger charge is -2.04. The Morgan fingerprint density at radius 3 is 2.70 bits per heavy atom. The molecule has 0 fully saturated rings. The van der Waals surface area contributed by atoms with Crippen LogP contribution in [0.2, 0.25) is 5.02 Å². The minimum atomic E-state index is -0.497. The minimum Gasteiger partial charge on any atom is -0.496 e. The lowest BCUT2D eigenvalue weighted by atomic mass is 10.1. The maximum Gasteiger partial charge on any atom is 0.270 e. The minimum absolute atomic E-state index is 0.0814. The molecule has 0 N–H and O–H groups in total. The first-order chi connectivity index (χ1) is 13.0. The summed E-state index contributed by atoms with van der Waals surface area (Å²) in [4.78, 5) is 27.1. The van der Waals surface area contributed by atoms with Crippen LogP contribution in [-0.4, -0.2) is 21.5 Å². The van der Waals surface area contributed by atoms with Gasteiger partial charge in [0.2, 0.25) is 5.12 Å². The summed E-state index contributed by atoms with van der Waals surface area (Å²) in [5, 5.41) is 11.4. The highest BCUT2D eigenvalue weighted by Gasteiger charge is 2.23. The number of benzene rings is 2. The number of thioether (sulfide) groups is 2. The summed E-state index contributed by atoms with van der Waals surface area (Å²) in [6, 6.07) is 11.7. The van der Waals surface area contributed by atoms with Gasteiger partial charge in [0.25, 0.3) is 5.69 Å².